The van der Waals surface area contributed by atoms with Crippen LogP contribution < -0.4 is 15.8 Å². The fourth-order valence-corrected chi connectivity index (χ4v) is 3.26. The fourth-order valence-electron chi connectivity index (χ4n) is 2.66. The lowest BCUT2D eigenvalue weighted by molar-refractivity contribution is 0.431. The van der Waals surface area contributed by atoms with Gasteiger partial charge in [0.2, 0.25) is 0 Å². The summed E-state index contributed by atoms with van der Waals surface area (Å²) in [5.41, 5.74) is -0.0370. The van der Waals surface area contributed by atoms with Crippen LogP contribution in [0.4, 0.5) is 5.82 Å². The zero-order valence-corrected chi connectivity index (χ0v) is 13.0. The van der Waals surface area contributed by atoms with Crippen LogP contribution in [0.5, 0.6) is 0 Å². The molecule has 2 fully saturated rings. The minimum atomic E-state index is -0.0370. The Labute approximate surface area is 126 Å². The van der Waals surface area contributed by atoms with Crippen molar-refractivity contribution in [2.24, 2.45) is 0 Å². The summed E-state index contributed by atoms with van der Waals surface area (Å²) < 4.78 is 0.707. The van der Waals surface area contributed by atoms with E-state index in [1.54, 1.807) is 0 Å². The molecular weight excluding hydrogens is 355 g/mol. The molecule has 1 aromatic heterocycles. The first-order chi connectivity index (χ1) is 9.25. The summed E-state index contributed by atoms with van der Waals surface area (Å²) in [4.78, 5) is 21.1. The van der Waals surface area contributed by atoms with Gasteiger partial charge in [0.15, 0.2) is 0 Å². The molecule has 0 bridgehead atoms. The van der Waals surface area contributed by atoms with Crippen LogP contribution in [0.2, 0.25) is 0 Å². The highest BCUT2D eigenvalue weighted by Gasteiger charge is 2.28. The highest BCUT2D eigenvalue weighted by Crippen LogP contribution is 2.26. The monoisotopic (exact) mass is 374 g/mol. The molecule has 0 amide bonds. The molecule has 1 aliphatic heterocycles. The van der Waals surface area contributed by atoms with Crippen molar-refractivity contribution in [3.63, 3.8) is 0 Å². The molecule has 0 spiro atoms. The van der Waals surface area contributed by atoms with Crippen LogP contribution in [0.15, 0.2) is 11.1 Å². The third kappa shape index (κ3) is 3.10. The maximum Gasteiger partial charge on any atom is 0.266 e. The number of anilines is 1. The van der Waals surface area contributed by atoms with E-state index in [-0.39, 0.29) is 5.56 Å². The molecule has 2 aliphatic rings. The summed E-state index contributed by atoms with van der Waals surface area (Å²) >= 11 is 2.10. The Kier molecular flexibility index (Phi) is 4.07. The van der Waals surface area contributed by atoms with Gasteiger partial charge in [-0.15, -0.1) is 0 Å². The quantitative estimate of drug-likeness (QED) is 0.784. The molecule has 1 atom stereocenters. The van der Waals surface area contributed by atoms with Gasteiger partial charge in [-0.2, -0.15) is 0 Å². The van der Waals surface area contributed by atoms with Gasteiger partial charge in [0.1, 0.15) is 9.39 Å². The summed E-state index contributed by atoms with van der Waals surface area (Å²) in [5, 5.41) is 3.60. The minimum Gasteiger partial charge on any atom is -0.351 e. The number of piperidine rings is 1. The Morgan fingerprint density at radius 3 is 3.05 bits per heavy atom. The second kappa shape index (κ2) is 5.78. The molecule has 1 aromatic rings. The van der Waals surface area contributed by atoms with Crippen molar-refractivity contribution < 1.29 is 0 Å². The van der Waals surface area contributed by atoms with Gasteiger partial charge in [-0.1, -0.05) is 0 Å². The number of hydrogen-bond donors (Lipinski definition) is 2. The Bertz CT molecular complexity index is 500. The normalized spacial score (nSPS) is 23.6. The average Bonchev–Trinajstić information content (AvgIpc) is 3.24. The Morgan fingerprint density at radius 2 is 2.26 bits per heavy atom. The molecule has 1 saturated heterocycles. The van der Waals surface area contributed by atoms with Gasteiger partial charge in [0.05, 0.1) is 6.33 Å². The molecule has 1 aliphatic carbocycles. The van der Waals surface area contributed by atoms with Gasteiger partial charge < -0.3 is 15.2 Å². The molecule has 104 valence electrons. The number of rotatable bonds is 4. The van der Waals surface area contributed by atoms with Crippen LogP contribution in [0.1, 0.15) is 32.1 Å². The highest BCUT2D eigenvalue weighted by atomic mass is 127. The van der Waals surface area contributed by atoms with Crippen molar-refractivity contribution in [2.75, 3.05) is 18.0 Å². The third-order valence-electron chi connectivity index (χ3n) is 3.90. The van der Waals surface area contributed by atoms with Gasteiger partial charge in [0.25, 0.3) is 5.56 Å². The number of aromatic nitrogens is 2. The van der Waals surface area contributed by atoms with Gasteiger partial charge in [-0.05, 0) is 54.7 Å². The van der Waals surface area contributed by atoms with Crippen molar-refractivity contribution in [2.45, 2.75) is 44.2 Å². The minimum absolute atomic E-state index is 0.0370. The van der Waals surface area contributed by atoms with E-state index in [0.29, 0.717) is 9.61 Å². The summed E-state index contributed by atoms with van der Waals surface area (Å²) in [6.45, 7) is 2.01. The molecular formula is C13H19IN4O. The van der Waals surface area contributed by atoms with Gasteiger partial charge in [0, 0.05) is 25.2 Å². The Morgan fingerprint density at radius 1 is 1.42 bits per heavy atom. The van der Waals surface area contributed by atoms with Crippen LogP contribution >= 0.6 is 22.6 Å². The second-order valence-corrected chi connectivity index (χ2v) is 6.47. The summed E-state index contributed by atoms with van der Waals surface area (Å²) in [7, 11) is 0. The predicted molar refractivity (Wildman–Crippen MR) is 83.6 cm³/mol. The molecule has 2 N–H and O–H groups in total. The van der Waals surface area contributed by atoms with Crippen molar-refractivity contribution in [1.29, 1.82) is 0 Å². The van der Waals surface area contributed by atoms with Gasteiger partial charge in [-0.25, -0.2) is 4.98 Å². The van der Waals surface area contributed by atoms with E-state index >= 15 is 0 Å². The first-order valence-electron chi connectivity index (χ1n) is 6.99. The van der Waals surface area contributed by atoms with Gasteiger partial charge in [-0.3, -0.25) is 4.79 Å². The number of H-pyrrole nitrogens is 1. The zero-order chi connectivity index (χ0) is 13.2. The largest absolute Gasteiger partial charge is 0.351 e. The van der Waals surface area contributed by atoms with Crippen molar-refractivity contribution in [3.8, 4) is 0 Å². The number of nitrogens with one attached hydrogen (secondary N) is 2. The van der Waals surface area contributed by atoms with E-state index in [1.165, 1.54) is 38.4 Å². The summed E-state index contributed by atoms with van der Waals surface area (Å²) in [6, 6.07) is 1.20. The molecule has 2 heterocycles. The van der Waals surface area contributed by atoms with E-state index in [0.717, 1.165) is 24.9 Å². The average molecular weight is 374 g/mol. The smallest absolute Gasteiger partial charge is 0.266 e. The fraction of sp³-hybridized carbons (Fsp3) is 0.692. The zero-order valence-electron chi connectivity index (χ0n) is 10.9. The van der Waals surface area contributed by atoms with Crippen LogP contribution in [0.3, 0.4) is 0 Å². The van der Waals surface area contributed by atoms with Crippen LogP contribution in [-0.4, -0.2) is 35.1 Å². The molecule has 1 saturated carbocycles. The number of hydrogen-bond acceptors (Lipinski definition) is 4. The van der Waals surface area contributed by atoms with Crippen molar-refractivity contribution in [1.82, 2.24) is 15.3 Å². The van der Waals surface area contributed by atoms with E-state index in [4.69, 9.17) is 0 Å². The second-order valence-electron chi connectivity index (χ2n) is 5.39. The lowest BCUT2D eigenvalue weighted by Gasteiger charge is -2.37. The van der Waals surface area contributed by atoms with Crippen molar-refractivity contribution in [3.05, 3.63) is 20.3 Å². The van der Waals surface area contributed by atoms with Crippen molar-refractivity contribution >= 4 is 28.4 Å². The van der Waals surface area contributed by atoms with Crippen LogP contribution in [-0.2, 0) is 0 Å². The Balaban J connectivity index is 1.78. The molecule has 0 aromatic carbocycles. The van der Waals surface area contributed by atoms with Gasteiger partial charge >= 0.3 is 0 Å². The molecule has 3 rings (SSSR count). The van der Waals surface area contributed by atoms with Crippen LogP contribution in [0.25, 0.3) is 0 Å². The lowest BCUT2D eigenvalue weighted by atomic mass is 10.0. The molecule has 5 nitrogen and oxygen atoms in total. The lowest BCUT2D eigenvalue weighted by Crippen LogP contribution is -2.47. The van der Waals surface area contributed by atoms with Crippen LogP contribution in [0, 0.1) is 3.57 Å². The van der Waals surface area contributed by atoms with E-state index in [1.807, 2.05) is 0 Å². The summed E-state index contributed by atoms with van der Waals surface area (Å²) in [6.07, 6.45) is 7.78. The van der Waals surface area contributed by atoms with E-state index in [9.17, 15) is 4.79 Å². The Hall–Kier alpha value is -0.630. The first-order valence-corrected chi connectivity index (χ1v) is 8.07. The van der Waals surface area contributed by atoms with E-state index < -0.39 is 0 Å². The third-order valence-corrected chi connectivity index (χ3v) is 4.87. The molecule has 6 heteroatoms. The molecule has 0 radical (unpaired) electrons. The number of aromatic amines is 1. The molecule has 19 heavy (non-hydrogen) atoms. The standard InChI is InChI=1S/C13H19IN4O/c14-11-12(16-8-17-13(11)19)18-6-2-1-3-10(18)7-15-9-4-5-9/h8-10,15H,1-7H2,(H,16,17,19). The summed E-state index contributed by atoms with van der Waals surface area (Å²) in [5.74, 6) is 0.853. The SMILES string of the molecule is O=c1[nH]cnc(N2CCCCC2CNC2CC2)c1I. The maximum atomic E-state index is 11.7. The molecule has 1 unspecified atom stereocenters. The predicted octanol–water partition coefficient (Wildman–Crippen LogP) is 1.49. The van der Waals surface area contributed by atoms with E-state index in [2.05, 4.69) is 42.8 Å². The number of nitrogens with zero attached hydrogens (tertiary/aromatic N) is 2. The topological polar surface area (TPSA) is 61.0 Å². The first kappa shape index (κ1) is 13.4. The highest BCUT2D eigenvalue weighted by molar-refractivity contribution is 14.1. The maximum absolute atomic E-state index is 11.7. The number of halogens is 1.